The predicted octanol–water partition coefficient (Wildman–Crippen LogP) is 2.84. The van der Waals surface area contributed by atoms with Crippen LogP contribution in [-0.2, 0) is 4.79 Å². The molecule has 2 heterocycles. The van der Waals surface area contributed by atoms with Crippen molar-refractivity contribution in [2.45, 2.75) is 0 Å². The molecule has 4 heteroatoms. The molecule has 0 aliphatic heterocycles. The Morgan fingerprint density at radius 2 is 2.40 bits per heavy atom. The van der Waals surface area contributed by atoms with Gasteiger partial charge in [0.1, 0.15) is 0 Å². The number of aromatic amines is 1. The van der Waals surface area contributed by atoms with Gasteiger partial charge in [0.25, 0.3) is 0 Å². The van der Waals surface area contributed by atoms with Gasteiger partial charge in [-0.1, -0.05) is 6.07 Å². The fourth-order valence-corrected chi connectivity index (χ4v) is 1.95. The van der Waals surface area contributed by atoms with Gasteiger partial charge in [0.2, 0.25) is 0 Å². The molecule has 2 aromatic rings. The van der Waals surface area contributed by atoms with Crippen molar-refractivity contribution < 1.29 is 9.90 Å². The van der Waals surface area contributed by atoms with E-state index in [4.69, 9.17) is 5.11 Å². The quantitative estimate of drug-likeness (QED) is 0.780. The molecule has 15 heavy (non-hydrogen) atoms. The lowest BCUT2D eigenvalue weighted by atomic mass is 10.2. The van der Waals surface area contributed by atoms with Gasteiger partial charge >= 0.3 is 5.97 Å². The second-order valence-electron chi connectivity index (χ2n) is 3.00. The van der Waals surface area contributed by atoms with Crippen LogP contribution in [0.5, 0.6) is 0 Å². The number of rotatable bonds is 3. The van der Waals surface area contributed by atoms with Crippen molar-refractivity contribution >= 4 is 23.4 Å². The van der Waals surface area contributed by atoms with E-state index in [1.165, 1.54) is 0 Å². The zero-order valence-corrected chi connectivity index (χ0v) is 8.62. The van der Waals surface area contributed by atoms with Gasteiger partial charge in [-0.05, 0) is 29.2 Å². The number of hydrogen-bond acceptors (Lipinski definition) is 2. The van der Waals surface area contributed by atoms with Gasteiger partial charge < -0.3 is 10.1 Å². The predicted molar refractivity (Wildman–Crippen MR) is 60.8 cm³/mol. The third-order valence-corrected chi connectivity index (χ3v) is 2.81. The summed E-state index contributed by atoms with van der Waals surface area (Å²) in [5.74, 6) is -0.936. The van der Waals surface area contributed by atoms with Gasteiger partial charge in [-0.2, -0.15) is 0 Å². The first-order valence-corrected chi connectivity index (χ1v) is 5.27. The maximum absolute atomic E-state index is 10.3. The summed E-state index contributed by atoms with van der Waals surface area (Å²) >= 11 is 1.64. The van der Waals surface area contributed by atoms with E-state index < -0.39 is 5.97 Å². The highest BCUT2D eigenvalue weighted by Crippen LogP contribution is 2.24. The molecule has 0 amide bonds. The zero-order chi connectivity index (χ0) is 10.7. The van der Waals surface area contributed by atoms with Gasteiger partial charge in [-0.3, -0.25) is 0 Å². The molecule has 0 aliphatic rings. The van der Waals surface area contributed by atoms with E-state index in [9.17, 15) is 4.79 Å². The molecule has 0 saturated heterocycles. The zero-order valence-electron chi connectivity index (χ0n) is 7.81. The highest BCUT2D eigenvalue weighted by Gasteiger charge is 2.00. The normalized spacial score (nSPS) is 10.9. The lowest BCUT2D eigenvalue weighted by Gasteiger charge is -1.87. The van der Waals surface area contributed by atoms with Crippen LogP contribution in [0.1, 0.15) is 5.56 Å². The summed E-state index contributed by atoms with van der Waals surface area (Å²) in [5, 5.41) is 10.5. The van der Waals surface area contributed by atoms with Crippen molar-refractivity contribution in [3.63, 3.8) is 0 Å². The fourth-order valence-electron chi connectivity index (χ4n) is 1.25. The minimum atomic E-state index is -0.936. The maximum atomic E-state index is 10.3. The summed E-state index contributed by atoms with van der Waals surface area (Å²) in [5.41, 5.74) is 1.87. The summed E-state index contributed by atoms with van der Waals surface area (Å²) < 4.78 is 0. The molecule has 2 aromatic heterocycles. The average molecular weight is 219 g/mol. The topological polar surface area (TPSA) is 53.1 Å². The summed E-state index contributed by atoms with van der Waals surface area (Å²) in [6.45, 7) is 0. The van der Waals surface area contributed by atoms with Crippen molar-refractivity contribution in [3.05, 3.63) is 41.4 Å². The first-order chi connectivity index (χ1) is 7.25. The molecule has 76 valence electrons. The van der Waals surface area contributed by atoms with E-state index in [1.54, 1.807) is 23.6 Å². The number of thiophene rings is 1. The van der Waals surface area contributed by atoms with Crippen LogP contribution in [0.25, 0.3) is 16.6 Å². The summed E-state index contributed by atoms with van der Waals surface area (Å²) in [4.78, 5) is 14.6. The van der Waals surface area contributed by atoms with Crippen molar-refractivity contribution in [1.29, 1.82) is 0 Å². The average Bonchev–Trinajstić information content (AvgIpc) is 2.85. The minimum absolute atomic E-state index is 0.862. The van der Waals surface area contributed by atoms with Crippen molar-refractivity contribution in [2.75, 3.05) is 0 Å². The second-order valence-corrected chi connectivity index (χ2v) is 3.94. The lowest BCUT2D eigenvalue weighted by Crippen LogP contribution is -1.84. The van der Waals surface area contributed by atoms with Crippen LogP contribution in [0.3, 0.4) is 0 Å². The molecule has 0 spiro atoms. The van der Waals surface area contributed by atoms with E-state index in [2.05, 4.69) is 4.98 Å². The number of carboxylic acids is 1. The van der Waals surface area contributed by atoms with Gasteiger partial charge in [0, 0.05) is 12.3 Å². The molecule has 0 radical (unpaired) electrons. The Morgan fingerprint density at radius 1 is 1.53 bits per heavy atom. The number of H-pyrrole nitrogens is 1. The Morgan fingerprint density at radius 3 is 3.07 bits per heavy atom. The molecule has 0 aliphatic carbocycles. The molecule has 0 fully saturated rings. The van der Waals surface area contributed by atoms with Crippen molar-refractivity contribution in [3.8, 4) is 10.6 Å². The first-order valence-electron chi connectivity index (χ1n) is 4.39. The van der Waals surface area contributed by atoms with Crippen molar-refractivity contribution in [2.24, 2.45) is 0 Å². The standard InChI is InChI=1S/C11H9NO2S/c13-11(14)4-3-8-6-9(12-7-8)10-2-1-5-15-10/h1-7,12H,(H,13,14). The van der Waals surface area contributed by atoms with Gasteiger partial charge in [0.15, 0.2) is 0 Å². The van der Waals surface area contributed by atoms with Crippen LogP contribution in [-0.4, -0.2) is 16.1 Å². The number of aliphatic carboxylic acids is 1. The summed E-state index contributed by atoms with van der Waals surface area (Å²) in [7, 11) is 0. The molecule has 0 saturated carbocycles. The highest BCUT2D eigenvalue weighted by atomic mass is 32.1. The third kappa shape index (κ3) is 2.35. The lowest BCUT2D eigenvalue weighted by molar-refractivity contribution is -0.131. The Hall–Kier alpha value is -1.81. The van der Waals surface area contributed by atoms with Gasteiger partial charge in [-0.25, -0.2) is 4.79 Å². The van der Waals surface area contributed by atoms with Crippen LogP contribution >= 0.6 is 11.3 Å². The smallest absolute Gasteiger partial charge is 0.328 e. The van der Waals surface area contributed by atoms with E-state index in [0.29, 0.717) is 0 Å². The molecule has 0 unspecified atom stereocenters. The molecule has 0 bridgehead atoms. The van der Waals surface area contributed by atoms with Crippen LogP contribution in [0.15, 0.2) is 35.9 Å². The van der Waals surface area contributed by atoms with E-state index in [1.807, 2.05) is 23.6 Å². The molecule has 2 rings (SSSR count). The SMILES string of the molecule is O=C(O)C=Cc1c[nH]c(-c2cccs2)c1. The fraction of sp³-hybridized carbons (Fsp3) is 0. The third-order valence-electron chi connectivity index (χ3n) is 1.91. The molecular formula is C11H9NO2S. The van der Waals surface area contributed by atoms with Crippen LogP contribution in [0.2, 0.25) is 0 Å². The summed E-state index contributed by atoms with van der Waals surface area (Å²) in [6.07, 6.45) is 4.48. The van der Waals surface area contributed by atoms with E-state index in [0.717, 1.165) is 22.2 Å². The first kappa shape index (κ1) is 9.73. The number of hydrogen-bond donors (Lipinski definition) is 2. The Bertz CT molecular complexity index is 482. The largest absolute Gasteiger partial charge is 0.478 e. The Balaban J connectivity index is 2.21. The minimum Gasteiger partial charge on any atom is -0.478 e. The number of carboxylic acid groups (broad SMARTS) is 1. The number of carbonyl (C=O) groups is 1. The molecule has 2 N–H and O–H groups in total. The summed E-state index contributed by atoms with van der Waals surface area (Å²) in [6, 6.07) is 5.92. The number of aromatic nitrogens is 1. The Kier molecular flexibility index (Phi) is 2.69. The molecule has 0 aromatic carbocycles. The van der Waals surface area contributed by atoms with E-state index >= 15 is 0 Å². The maximum Gasteiger partial charge on any atom is 0.328 e. The van der Waals surface area contributed by atoms with Crippen LogP contribution in [0, 0.1) is 0 Å². The van der Waals surface area contributed by atoms with Crippen molar-refractivity contribution in [1.82, 2.24) is 4.98 Å². The number of nitrogens with one attached hydrogen (secondary N) is 1. The molecule has 0 atom stereocenters. The van der Waals surface area contributed by atoms with Crippen LogP contribution in [0.4, 0.5) is 0 Å². The van der Waals surface area contributed by atoms with Gasteiger partial charge in [-0.15, -0.1) is 11.3 Å². The second kappa shape index (κ2) is 4.14. The monoisotopic (exact) mass is 219 g/mol. The molecule has 3 nitrogen and oxygen atoms in total. The van der Waals surface area contributed by atoms with Crippen LogP contribution < -0.4 is 0 Å². The van der Waals surface area contributed by atoms with Gasteiger partial charge in [0.05, 0.1) is 10.6 Å². The molecular weight excluding hydrogens is 210 g/mol. The Labute approximate surface area is 90.7 Å². The highest BCUT2D eigenvalue weighted by molar-refractivity contribution is 7.13. The van der Waals surface area contributed by atoms with E-state index in [-0.39, 0.29) is 0 Å².